The van der Waals surface area contributed by atoms with Crippen molar-refractivity contribution in [2.75, 3.05) is 18.1 Å². The zero-order valence-corrected chi connectivity index (χ0v) is 10.7. The van der Waals surface area contributed by atoms with Crippen molar-refractivity contribution in [3.05, 3.63) is 0 Å². The van der Waals surface area contributed by atoms with Gasteiger partial charge in [-0.05, 0) is 18.6 Å². The van der Waals surface area contributed by atoms with Crippen molar-refractivity contribution in [3.63, 3.8) is 0 Å². The number of nitrogens with one attached hydrogen (secondary N) is 2. The molecular weight excluding hydrogens is 252 g/mol. The molecule has 0 spiro atoms. The van der Waals surface area contributed by atoms with Gasteiger partial charge in [-0.1, -0.05) is 6.92 Å². The Morgan fingerprint density at radius 2 is 2.25 bits per heavy atom. The number of hydrogen-bond donors (Lipinski definition) is 3. The van der Waals surface area contributed by atoms with Gasteiger partial charge in [0.25, 0.3) is 10.2 Å². The highest BCUT2D eigenvalue weighted by Gasteiger charge is 2.44. The Hall–Kier alpha value is -0.310. The van der Waals surface area contributed by atoms with E-state index < -0.39 is 21.7 Å². The Morgan fingerprint density at radius 3 is 2.69 bits per heavy atom. The fourth-order valence-corrected chi connectivity index (χ4v) is 4.13. The predicted molar refractivity (Wildman–Crippen MR) is 62.7 cm³/mol. The number of aliphatic carboxylic acids is 1. The minimum absolute atomic E-state index is 0.273. The topological polar surface area (TPSA) is 95.5 Å². The van der Waals surface area contributed by atoms with Gasteiger partial charge in [-0.2, -0.15) is 24.9 Å². The molecule has 0 aliphatic carbocycles. The average Bonchev–Trinajstić information content (AvgIpc) is 2.64. The van der Waals surface area contributed by atoms with E-state index in [1.807, 2.05) is 6.92 Å². The molecule has 0 bridgehead atoms. The van der Waals surface area contributed by atoms with Gasteiger partial charge in [-0.15, -0.1) is 0 Å². The SMILES string of the molecule is CCCNS(=O)(=O)NC1(C(=O)O)CCSC1. The smallest absolute Gasteiger partial charge is 0.325 e. The van der Waals surface area contributed by atoms with Gasteiger partial charge in [-0.3, -0.25) is 4.79 Å². The van der Waals surface area contributed by atoms with Gasteiger partial charge < -0.3 is 5.11 Å². The van der Waals surface area contributed by atoms with E-state index in [0.29, 0.717) is 25.1 Å². The van der Waals surface area contributed by atoms with Crippen LogP contribution >= 0.6 is 11.8 Å². The van der Waals surface area contributed by atoms with Gasteiger partial charge in [-0.25, -0.2) is 4.72 Å². The Morgan fingerprint density at radius 1 is 1.56 bits per heavy atom. The average molecular weight is 268 g/mol. The van der Waals surface area contributed by atoms with E-state index in [2.05, 4.69) is 9.44 Å². The highest BCUT2D eigenvalue weighted by atomic mass is 32.2. The monoisotopic (exact) mass is 268 g/mol. The molecule has 0 radical (unpaired) electrons. The molecule has 0 amide bonds. The van der Waals surface area contributed by atoms with Crippen LogP contribution in [0.3, 0.4) is 0 Å². The van der Waals surface area contributed by atoms with Crippen LogP contribution in [-0.4, -0.2) is 43.1 Å². The second-order valence-electron chi connectivity index (χ2n) is 3.69. The maximum Gasteiger partial charge on any atom is 0.325 e. The van der Waals surface area contributed by atoms with Crippen LogP contribution in [0.25, 0.3) is 0 Å². The Kier molecular flexibility index (Phi) is 4.60. The summed E-state index contributed by atoms with van der Waals surface area (Å²) >= 11 is 1.44. The van der Waals surface area contributed by atoms with Gasteiger partial charge >= 0.3 is 5.97 Å². The number of carboxylic acid groups (broad SMARTS) is 1. The van der Waals surface area contributed by atoms with E-state index in [1.165, 1.54) is 11.8 Å². The summed E-state index contributed by atoms with van der Waals surface area (Å²) in [5.74, 6) is -0.183. The first-order valence-corrected chi connectivity index (χ1v) is 7.65. The fourth-order valence-electron chi connectivity index (χ4n) is 1.39. The number of carboxylic acids is 1. The molecule has 0 aromatic carbocycles. The lowest BCUT2D eigenvalue weighted by Gasteiger charge is -2.24. The molecule has 1 heterocycles. The third-order valence-electron chi connectivity index (χ3n) is 2.30. The molecule has 3 N–H and O–H groups in total. The number of rotatable bonds is 6. The summed E-state index contributed by atoms with van der Waals surface area (Å²) in [6.45, 7) is 2.14. The second-order valence-corrected chi connectivity index (χ2v) is 6.29. The van der Waals surface area contributed by atoms with Crippen LogP contribution in [0, 0.1) is 0 Å². The molecule has 1 aliphatic heterocycles. The van der Waals surface area contributed by atoms with Gasteiger partial charge in [0.1, 0.15) is 5.54 Å². The Labute approximate surface area is 99.4 Å². The van der Waals surface area contributed by atoms with E-state index in [-0.39, 0.29) is 5.75 Å². The van der Waals surface area contributed by atoms with Crippen molar-refractivity contribution >= 4 is 27.9 Å². The van der Waals surface area contributed by atoms with E-state index in [1.54, 1.807) is 0 Å². The molecule has 1 unspecified atom stereocenters. The second kappa shape index (κ2) is 5.35. The van der Waals surface area contributed by atoms with E-state index in [9.17, 15) is 13.2 Å². The zero-order chi connectivity index (χ0) is 12.2. The van der Waals surface area contributed by atoms with E-state index >= 15 is 0 Å². The van der Waals surface area contributed by atoms with Crippen LogP contribution < -0.4 is 9.44 Å². The van der Waals surface area contributed by atoms with Crippen LogP contribution in [-0.2, 0) is 15.0 Å². The molecule has 1 saturated heterocycles. The van der Waals surface area contributed by atoms with Crippen LogP contribution in [0.4, 0.5) is 0 Å². The summed E-state index contributed by atoms with van der Waals surface area (Å²) in [5, 5.41) is 9.08. The summed E-state index contributed by atoms with van der Waals surface area (Å²) in [5.41, 5.74) is -1.34. The third-order valence-corrected chi connectivity index (χ3v) is 4.74. The lowest BCUT2D eigenvalue weighted by Crippen LogP contribution is -2.57. The maximum absolute atomic E-state index is 11.6. The molecule has 94 valence electrons. The summed E-state index contributed by atoms with van der Waals surface area (Å²) in [6.07, 6.45) is 0.982. The van der Waals surface area contributed by atoms with Crippen LogP contribution in [0.2, 0.25) is 0 Å². The molecule has 1 atom stereocenters. The molecule has 6 nitrogen and oxygen atoms in total. The zero-order valence-electron chi connectivity index (χ0n) is 9.02. The first-order chi connectivity index (χ1) is 7.42. The molecular formula is C8H16N2O4S2. The van der Waals surface area contributed by atoms with Crippen LogP contribution in [0.15, 0.2) is 0 Å². The molecule has 1 aliphatic rings. The molecule has 1 rings (SSSR count). The van der Waals surface area contributed by atoms with Crippen molar-refractivity contribution < 1.29 is 18.3 Å². The normalized spacial score (nSPS) is 25.8. The first-order valence-electron chi connectivity index (χ1n) is 5.01. The van der Waals surface area contributed by atoms with Crippen LogP contribution in [0.1, 0.15) is 19.8 Å². The number of hydrogen-bond acceptors (Lipinski definition) is 4. The van der Waals surface area contributed by atoms with Crippen molar-refractivity contribution in [2.24, 2.45) is 0 Å². The van der Waals surface area contributed by atoms with Gasteiger partial charge in [0.15, 0.2) is 0 Å². The predicted octanol–water partition coefficient (Wildman–Crippen LogP) is -0.219. The third kappa shape index (κ3) is 3.34. The molecule has 0 aromatic heterocycles. The largest absolute Gasteiger partial charge is 0.480 e. The summed E-state index contributed by atoms with van der Waals surface area (Å²) in [7, 11) is -3.72. The van der Waals surface area contributed by atoms with Crippen molar-refractivity contribution in [1.82, 2.24) is 9.44 Å². The lowest BCUT2D eigenvalue weighted by atomic mass is 10.0. The van der Waals surface area contributed by atoms with Gasteiger partial charge in [0, 0.05) is 12.3 Å². The summed E-state index contributed by atoms with van der Waals surface area (Å²) in [6, 6.07) is 0. The molecule has 16 heavy (non-hydrogen) atoms. The number of thioether (sulfide) groups is 1. The standard InChI is InChI=1S/C8H16N2O4S2/c1-2-4-9-16(13,14)10-8(7(11)12)3-5-15-6-8/h9-10H,2-6H2,1H3,(H,11,12). The molecule has 0 saturated carbocycles. The number of carbonyl (C=O) groups is 1. The van der Waals surface area contributed by atoms with E-state index in [0.717, 1.165) is 0 Å². The maximum atomic E-state index is 11.6. The Balaban J connectivity index is 2.72. The molecule has 1 fully saturated rings. The minimum atomic E-state index is -3.72. The van der Waals surface area contributed by atoms with Crippen LogP contribution in [0.5, 0.6) is 0 Å². The van der Waals surface area contributed by atoms with E-state index in [4.69, 9.17) is 5.11 Å². The molecule has 0 aromatic rings. The van der Waals surface area contributed by atoms with Gasteiger partial charge in [0.05, 0.1) is 0 Å². The molecule has 8 heteroatoms. The van der Waals surface area contributed by atoms with Crippen molar-refractivity contribution in [1.29, 1.82) is 0 Å². The highest BCUT2D eigenvalue weighted by Crippen LogP contribution is 2.28. The summed E-state index contributed by atoms with van der Waals surface area (Å²) < 4.78 is 27.7. The van der Waals surface area contributed by atoms with Crippen molar-refractivity contribution in [2.45, 2.75) is 25.3 Å². The van der Waals surface area contributed by atoms with Gasteiger partial charge in [0.2, 0.25) is 0 Å². The summed E-state index contributed by atoms with van der Waals surface area (Å²) in [4.78, 5) is 11.1. The Bertz CT molecular complexity index is 349. The van der Waals surface area contributed by atoms with Crippen molar-refractivity contribution in [3.8, 4) is 0 Å². The fraction of sp³-hybridized carbons (Fsp3) is 0.875. The minimum Gasteiger partial charge on any atom is -0.480 e. The highest BCUT2D eigenvalue weighted by molar-refractivity contribution is 7.99. The lowest BCUT2D eigenvalue weighted by molar-refractivity contribution is -0.142. The first kappa shape index (κ1) is 13.8. The quantitative estimate of drug-likeness (QED) is 0.619.